The van der Waals surface area contributed by atoms with Crippen LogP contribution in [-0.2, 0) is 11.2 Å². The van der Waals surface area contributed by atoms with Gasteiger partial charge in [-0.25, -0.2) is 0 Å². The van der Waals surface area contributed by atoms with Crippen LogP contribution in [0.4, 0.5) is 0 Å². The van der Waals surface area contributed by atoms with Crippen LogP contribution in [0.15, 0.2) is 29.1 Å². The van der Waals surface area contributed by atoms with E-state index in [1.54, 1.807) is 18.2 Å². The largest absolute Gasteiger partial charge is 0.481 e. The van der Waals surface area contributed by atoms with Gasteiger partial charge in [-0.1, -0.05) is 6.92 Å². The molecule has 0 saturated heterocycles. The first-order chi connectivity index (χ1) is 10.9. The van der Waals surface area contributed by atoms with Gasteiger partial charge in [-0.15, -0.1) is 0 Å². The number of H-pyrrole nitrogens is 1. The van der Waals surface area contributed by atoms with Gasteiger partial charge in [0.1, 0.15) is 5.75 Å². The number of benzene rings is 1. The molecular formula is C15H18N4O4. The molecule has 8 heteroatoms. The molecule has 1 heterocycles. The van der Waals surface area contributed by atoms with Gasteiger partial charge in [0.15, 0.2) is 12.2 Å². The molecule has 122 valence electrons. The molecule has 0 spiro atoms. The summed E-state index contributed by atoms with van der Waals surface area (Å²) in [5.74, 6) is -0.740. The Morgan fingerprint density at radius 1 is 1.48 bits per heavy atom. The van der Waals surface area contributed by atoms with Gasteiger partial charge < -0.3 is 25.9 Å². The maximum atomic E-state index is 11.8. The number of rotatable bonds is 6. The normalized spacial score (nSPS) is 11.9. The quantitative estimate of drug-likeness (QED) is 0.302. The van der Waals surface area contributed by atoms with E-state index < -0.39 is 17.8 Å². The lowest BCUT2D eigenvalue weighted by Crippen LogP contribution is -2.42. The molecule has 0 amide bonds. The maximum Gasteiger partial charge on any atom is 0.308 e. The highest BCUT2D eigenvalue weighted by atomic mass is 16.5. The van der Waals surface area contributed by atoms with E-state index in [9.17, 15) is 9.59 Å². The Kier molecular flexibility index (Phi) is 4.85. The van der Waals surface area contributed by atoms with Crippen molar-refractivity contribution in [3.8, 4) is 5.75 Å². The standard InChI is InChI=1S/C15H18N4O4/c1-2-12(19-15(16)17)23-10-3-4-11-8(6-10)5-9(7-13(20)21)14(22)18-11/h3-6,12H,2,7H2,1H3,(H,18,22)(H,20,21)(H4,16,17,19). The van der Waals surface area contributed by atoms with E-state index in [1.807, 2.05) is 6.92 Å². The lowest BCUT2D eigenvalue weighted by Gasteiger charge is -2.19. The van der Waals surface area contributed by atoms with Crippen LogP contribution in [0.5, 0.6) is 5.75 Å². The molecule has 0 saturated carbocycles. The second kappa shape index (κ2) is 6.82. The fourth-order valence-corrected chi connectivity index (χ4v) is 2.15. The highest BCUT2D eigenvalue weighted by Gasteiger charge is 2.11. The Morgan fingerprint density at radius 2 is 2.22 bits per heavy atom. The second-order valence-corrected chi connectivity index (χ2v) is 5.02. The number of nitrogens with one attached hydrogen (secondary N) is 3. The number of carboxylic acid groups (broad SMARTS) is 1. The fraction of sp³-hybridized carbons (Fsp3) is 0.267. The summed E-state index contributed by atoms with van der Waals surface area (Å²) in [4.78, 5) is 25.2. The number of carboxylic acids is 1. The van der Waals surface area contributed by atoms with Gasteiger partial charge in [-0.3, -0.25) is 15.0 Å². The van der Waals surface area contributed by atoms with Crippen molar-refractivity contribution in [1.29, 1.82) is 5.41 Å². The number of hydrogen-bond acceptors (Lipinski definition) is 4. The Labute approximate surface area is 131 Å². The van der Waals surface area contributed by atoms with Gasteiger partial charge in [0.2, 0.25) is 0 Å². The molecule has 0 aliphatic heterocycles. The topological polar surface area (TPSA) is 141 Å². The van der Waals surface area contributed by atoms with Crippen LogP contribution in [0.2, 0.25) is 0 Å². The lowest BCUT2D eigenvalue weighted by molar-refractivity contribution is -0.136. The lowest BCUT2D eigenvalue weighted by atomic mass is 10.1. The summed E-state index contributed by atoms with van der Waals surface area (Å²) in [5.41, 5.74) is 5.64. The van der Waals surface area contributed by atoms with E-state index in [4.69, 9.17) is 21.0 Å². The van der Waals surface area contributed by atoms with Crippen LogP contribution in [-0.4, -0.2) is 28.2 Å². The summed E-state index contributed by atoms with van der Waals surface area (Å²) in [7, 11) is 0. The van der Waals surface area contributed by atoms with Gasteiger partial charge in [-0.05, 0) is 24.3 Å². The number of carbonyl (C=O) groups is 1. The average Bonchev–Trinajstić information content (AvgIpc) is 2.46. The van der Waals surface area contributed by atoms with Gasteiger partial charge in [0.25, 0.3) is 5.56 Å². The Hall–Kier alpha value is -3.03. The van der Waals surface area contributed by atoms with E-state index in [0.29, 0.717) is 23.1 Å². The predicted molar refractivity (Wildman–Crippen MR) is 85.7 cm³/mol. The molecule has 0 bridgehead atoms. The van der Waals surface area contributed by atoms with Crippen molar-refractivity contribution in [3.63, 3.8) is 0 Å². The van der Waals surface area contributed by atoms with Crippen LogP contribution < -0.4 is 21.3 Å². The van der Waals surface area contributed by atoms with Crippen LogP contribution in [0.3, 0.4) is 0 Å². The van der Waals surface area contributed by atoms with Gasteiger partial charge >= 0.3 is 5.97 Å². The third kappa shape index (κ3) is 4.22. The fourth-order valence-electron chi connectivity index (χ4n) is 2.15. The number of aromatic amines is 1. The SMILES string of the molecule is CCC(NC(=N)N)Oc1ccc2[nH]c(=O)c(CC(=O)O)cc2c1. The zero-order valence-electron chi connectivity index (χ0n) is 12.6. The van der Waals surface area contributed by atoms with E-state index in [2.05, 4.69) is 10.3 Å². The minimum atomic E-state index is -1.07. The molecule has 1 aromatic heterocycles. The monoisotopic (exact) mass is 318 g/mol. The number of pyridine rings is 1. The first kappa shape index (κ1) is 16.3. The Balaban J connectivity index is 2.33. The smallest absolute Gasteiger partial charge is 0.308 e. The van der Waals surface area contributed by atoms with Crippen molar-refractivity contribution in [2.75, 3.05) is 0 Å². The maximum absolute atomic E-state index is 11.8. The number of ether oxygens (including phenoxy) is 1. The van der Waals surface area contributed by atoms with E-state index in [0.717, 1.165) is 0 Å². The molecule has 1 unspecified atom stereocenters. The molecule has 23 heavy (non-hydrogen) atoms. The Bertz CT molecular complexity index is 800. The summed E-state index contributed by atoms with van der Waals surface area (Å²) in [5, 5.41) is 19.4. The molecule has 1 aromatic carbocycles. The van der Waals surface area contributed by atoms with Crippen LogP contribution in [0.25, 0.3) is 10.9 Å². The molecule has 0 aliphatic rings. The number of hydrogen-bond donors (Lipinski definition) is 5. The summed E-state index contributed by atoms with van der Waals surface area (Å²) >= 11 is 0. The molecule has 6 N–H and O–H groups in total. The minimum absolute atomic E-state index is 0.177. The number of fused-ring (bicyclic) bond motifs is 1. The van der Waals surface area contributed by atoms with Crippen molar-refractivity contribution in [1.82, 2.24) is 10.3 Å². The van der Waals surface area contributed by atoms with Crippen molar-refractivity contribution < 1.29 is 14.6 Å². The third-order valence-corrected chi connectivity index (χ3v) is 3.20. The number of aromatic nitrogens is 1. The van der Waals surface area contributed by atoms with Crippen molar-refractivity contribution in [2.24, 2.45) is 5.73 Å². The molecule has 0 aliphatic carbocycles. The van der Waals surface area contributed by atoms with E-state index in [-0.39, 0.29) is 17.9 Å². The number of nitrogens with two attached hydrogens (primary N) is 1. The third-order valence-electron chi connectivity index (χ3n) is 3.20. The molecule has 2 rings (SSSR count). The summed E-state index contributed by atoms with van der Waals surface area (Å²) in [6.45, 7) is 1.88. The molecule has 0 radical (unpaired) electrons. The first-order valence-corrected chi connectivity index (χ1v) is 7.04. The molecule has 0 fully saturated rings. The number of aliphatic carboxylic acids is 1. The van der Waals surface area contributed by atoms with E-state index >= 15 is 0 Å². The average molecular weight is 318 g/mol. The highest BCUT2D eigenvalue weighted by Crippen LogP contribution is 2.20. The van der Waals surface area contributed by atoms with Crippen LogP contribution in [0, 0.1) is 5.41 Å². The zero-order valence-corrected chi connectivity index (χ0v) is 12.6. The molecule has 2 aromatic rings. The summed E-state index contributed by atoms with van der Waals surface area (Å²) in [6, 6.07) is 6.59. The van der Waals surface area contributed by atoms with Gasteiger partial charge in [-0.2, -0.15) is 0 Å². The Morgan fingerprint density at radius 3 is 2.83 bits per heavy atom. The predicted octanol–water partition coefficient (Wildman–Crippen LogP) is 0.753. The van der Waals surface area contributed by atoms with Gasteiger partial charge in [0, 0.05) is 22.9 Å². The molecule has 8 nitrogen and oxygen atoms in total. The van der Waals surface area contributed by atoms with Crippen molar-refractivity contribution >= 4 is 22.8 Å². The summed E-state index contributed by atoms with van der Waals surface area (Å²) in [6.07, 6.45) is -0.209. The van der Waals surface area contributed by atoms with Crippen LogP contribution >= 0.6 is 0 Å². The molecular weight excluding hydrogens is 300 g/mol. The number of guanidine groups is 1. The zero-order chi connectivity index (χ0) is 17.0. The first-order valence-electron chi connectivity index (χ1n) is 7.04. The molecule has 1 atom stereocenters. The van der Waals surface area contributed by atoms with Crippen molar-refractivity contribution in [2.45, 2.75) is 26.0 Å². The minimum Gasteiger partial charge on any atom is -0.481 e. The highest BCUT2D eigenvalue weighted by molar-refractivity contribution is 5.82. The van der Waals surface area contributed by atoms with E-state index in [1.165, 1.54) is 6.07 Å². The van der Waals surface area contributed by atoms with Crippen molar-refractivity contribution in [3.05, 3.63) is 40.2 Å². The second-order valence-electron chi connectivity index (χ2n) is 5.02. The van der Waals surface area contributed by atoms with Crippen LogP contribution in [0.1, 0.15) is 18.9 Å². The summed E-state index contributed by atoms with van der Waals surface area (Å²) < 4.78 is 5.69. The van der Waals surface area contributed by atoms with Gasteiger partial charge in [0.05, 0.1) is 6.42 Å².